The minimum absolute atomic E-state index is 0. The third-order valence-electron chi connectivity index (χ3n) is 7.48. The van der Waals surface area contributed by atoms with E-state index >= 15 is 0 Å². The van der Waals surface area contributed by atoms with Crippen LogP contribution in [0.2, 0.25) is 0 Å². The van der Waals surface area contributed by atoms with Gasteiger partial charge in [0.1, 0.15) is 0 Å². The molecule has 0 N–H and O–H groups in total. The van der Waals surface area contributed by atoms with Crippen molar-refractivity contribution in [3.8, 4) is 22.5 Å². The molecule has 0 bridgehead atoms. The molecule has 4 heterocycles. The van der Waals surface area contributed by atoms with E-state index in [9.17, 15) is 0 Å². The minimum atomic E-state index is -2.34. The van der Waals surface area contributed by atoms with Crippen molar-refractivity contribution < 1.29 is 39.6 Å². The van der Waals surface area contributed by atoms with Crippen LogP contribution in [0.3, 0.4) is 0 Å². The Morgan fingerprint density at radius 2 is 1.62 bits per heavy atom. The molecule has 7 rings (SSSR count). The normalized spacial score (nSPS) is 15.8. The molecule has 1 radical (unpaired) electrons. The van der Waals surface area contributed by atoms with Gasteiger partial charge in [-0.25, -0.2) is 4.98 Å². The summed E-state index contributed by atoms with van der Waals surface area (Å²) in [5.74, 6) is 0. The van der Waals surface area contributed by atoms with E-state index in [2.05, 4.69) is 60.0 Å². The van der Waals surface area contributed by atoms with E-state index in [0.29, 0.717) is 39.0 Å². The Morgan fingerprint density at radius 1 is 0.787 bits per heavy atom. The first kappa shape index (κ1) is 22.2. The van der Waals surface area contributed by atoms with Crippen LogP contribution < -0.4 is 0 Å². The summed E-state index contributed by atoms with van der Waals surface area (Å²) >= 11 is 0. The zero-order valence-electron chi connectivity index (χ0n) is 37.1. The number of nitrogens with zero attached hydrogens (tertiary/aromatic N) is 3. The van der Waals surface area contributed by atoms with Crippen molar-refractivity contribution in [3.05, 3.63) is 149 Å². The summed E-state index contributed by atoms with van der Waals surface area (Å²) in [5.41, 5.74) is 5.97. The van der Waals surface area contributed by atoms with Crippen LogP contribution in [-0.4, -0.2) is 15.0 Å². The molecule has 0 unspecified atom stereocenters. The maximum atomic E-state index is 8.82. The Bertz CT molecular complexity index is 2450. The van der Waals surface area contributed by atoms with Crippen molar-refractivity contribution in [2.45, 2.75) is 59.5 Å². The summed E-state index contributed by atoms with van der Waals surface area (Å²) in [6.45, 7) is -0.212. The van der Waals surface area contributed by atoms with E-state index in [0.717, 1.165) is 10.9 Å². The second kappa shape index (κ2) is 14.5. The zero-order chi connectivity index (χ0) is 41.6. The molecule has 0 fully saturated rings. The fraction of sp³-hybridized carbons (Fsp3) is 0.214. The molecule has 0 aliphatic rings. The number of hydrogen-bond donors (Lipinski definition) is 0. The largest absolute Gasteiger partial charge is 0.486 e. The van der Waals surface area contributed by atoms with E-state index in [1.165, 1.54) is 36.0 Å². The van der Waals surface area contributed by atoms with Gasteiger partial charge in [-0.3, -0.25) is 0 Å². The Balaban J connectivity index is 0.000000259. The molecule has 0 atom stereocenters. The quantitative estimate of drug-likeness (QED) is 0.163. The Labute approximate surface area is 307 Å². The molecule has 4 nitrogen and oxygen atoms in total. The summed E-state index contributed by atoms with van der Waals surface area (Å²) in [6.07, 6.45) is 1.49. The molecule has 3 aromatic carbocycles. The second-order valence-electron chi connectivity index (χ2n) is 11.9. The van der Waals surface area contributed by atoms with Gasteiger partial charge >= 0.3 is 0 Å². The van der Waals surface area contributed by atoms with Crippen LogP contribution in [0.1, 0.15) is 69.4 Å². The van der Waals surface area contributed by atoms with Crippen LogP contribution in [0.4, 0.5) is 0 Å². The first-order valence-corrected chi connectivity index (χ1v) is 14.8. The number of hydrogen-bond acceptors (Lipinski definition) is 4. The van der Waals surface area contributed by atoms with Crippen molar-refractivity contribution in [1.29, 1.82) is 0 Å². The zero-order valence-corrected chi connectivity index (χ0v) is 28.5. The van der Waals surface area contributed by atoms with Crippen LogP contribution >= 0.6 is 0 Å². The Morgan fingerprint density at radius 3 is 2.32 bits per heavy atom. The van der Waals surface area contributed by atoms with Gasteiger partial charge in [0.25, 0.3) is 0 Å². The van der Waals surface area contributed by atoms with E-state index < -0.39 is 26.9 Å². The van der Waals surface area contributed by atoms with Gasteiger partial charge < -0.3 is 14.4 Å². The molecule has 0 aliphatic carbocycles. The van der Waals surface area contributed by atoms with Crippen LogP contribution in [0.15, 0.2) is 108 Å². The number of rotatable bonds is 5. The molecular weight excluding hydrogens is 755 g/mol. The van der Waals surface area contributed by atoms with Crippen molar-refractivity contribution >= 4 is 22.1 Å². The van der Waals surface area contributed by atoms with Crippen LogP contribution in [0, 0.1) is 32.7 Å². The third kappa shape index (κ3) is 8.11. The molecule has 0 saturated carbocycles. The number of furan rings is 1. The molecule has 7 aromatic rings. The summed E-state index contributed by atoms with van der Waals surface area (Å²) in [6, 6.07) is 31.9. The van der Waals surface area contributed by atoms with Gasteiger partial charge in [0, 0.05) is 58.7 Å². The number of benzene rings is 3. The molecule has 0 saturated heterocycles. The van der Waals surface area contributed by atoms with Gasteiger partial charge in [-0.2, -0.15) is 0 Å². The van der Waals surface area contributed by atoms with E-state index in [-0.39, 0.29) is 54.5 Å². The summed E-state index contributed by atoms with van der Waals surface area (Å²) in [4.78, 5) is 12.8. The Kier molecular flexibility index (Phi) is 6.87. The minimum Gasteiger partial charge on any atom is -0.486 e. The van der Waals surface area contributed by atoms with Crippen molar-refractivity contribution in [3.63, 3.8) is 0 Å². The molecule has 4 aromatic heterocycles. The van der Waals surface area contributed by atoms with Gasteiger partial charge in [-0.15, -0.1) is 53.6 Å². The first-order chi connectivity index (χ1) is 26.5. The monoisotopic (exact) mass is 805 g/mol. The molecule has 47 heavy (non-hydrogen) atoms. The Hall–Kier alpha value is -4.44. The summed E-state index contributed by atoms with van der Waals surface area (Å²) < 4.78 is 90.2. The molecular formula is C42H39IrN3O-2. The number of pyridine rings is 3. The standard InChI is InChI=1S/C29H27N2O.C13H12N.Ir/c1-19-8-15-24-23-6-5-7-25(27(23)32-28(24)31-19)26-18-21(16-17-30-26)10-9-20-11-13-22(14-12-20)29(2,3)4;1-10-3-6-12(7-4-10)13-8-5-11(2)9-14-13;/h5-6,8,11-18H,9-10H2,1-4H3;3-6,8-9H,1-2H3;/q2*-1;/i1D3,10D2;1D3,2D3;. The van der Waals surface area contributed by atoms with Gasteiger partial charge in [-0.05, 0) is 78.2 Å². The van der Waals surface area contributed by atoms with Gasteiger partial charge in [-0.1, -0.05) is 86.6 Å². The van der Waals surface area contributed by atoms with E-state index in [1.807, 2.05) is 18.2 Å². The van der Waals surface area contributed by atoms with Gasteiger partial charge in [0.2, 0.25) is 5.71 Å². The smallest absolute Gasteiger partial charge is 0.216 e. The SMILES string of the molecule is [2H]C([2H])([2H])c1c[c-]c(-c2ccc(C([2H])([2H])[2H])cn2)cc1.[2H]C([2H])([2H])c1ccc2c(n1)oc1c(-c3cc(C([2H])([2H])Cc4ccc(C(C)(C)C)cc4)ccn3)[c-]ccc12.[Ir]. The maximum Gasteiger partial charge on any atom is 0.216 e. The average molecular weight is 805 g/mol. The maximum absolute atomic E-state index is 8.82. The predicted octanol–water partition coefficient (Wildman–Crippen LogP) is 10.4. The van der Waals surface area contributed by atoms with Crippen molar-refractivity contribution in [2.75, 3.05) is 0 Å². The average Bonchev–Trinajstić information content (AvgIpc) is 3.52. The molecule has 5 heteroatoms. The fourth-order valence-electron chi connectivity index (χ4n) is 4.95. The third-order valence-corrected chi connectivity index (χ3v) is 7.48. The number of fused-ring (bicyclic) bond motifs is 3. The molecule has 0 amide bonds. The molecule has 239 valence electrons. The summed E-state index contributed by atoms with van der Waals surface area (Å²) in [5, 5.41) is 1.46. The van der Waals surface area contributed by atoms with Crippen LogP contribution in [-0.2, 0) is 38.3 Å². The predicted molar refractivity (Wildman–Crippen MR) is 189 cm³/mol. The van der Waals surface area contributed by atoms with Crippen molar-refractivity contribution in [2.24, 2.45) is 0 Å². The molecule has 0 aliphatic heterocycles. The van der Waals surface area contributed by atoms with E-state index in [1.54, 1.807) is 42.6 Å². The number of aryl methyl sites for hydroxylation is 5. The molecule has 0 spiro atoms. The van der Waals surface area contributed by atoms with Crippen LogP contribution in [0.25, 0.3) is 44.6 Å². The first-order valence-electron chi connectivity index (χ1n) is 20.3. The number of aromatic nitrogens is 3. The fourth-order valence-corrected chi connectivity index (χ4v) is 4.95. The van der Waals surface area contributed by atoms with E-state index in [4.69, 9.17) is 19.5 Å². The van der Waals surface area contributed by atoms with Crippen molar-refractivity contribution in [1.82, 2.24) is 15.0 Å². The van der Waals surface area contributed by atoms with Crippen LogP contribution in [0.5, 0.6) is 0 Å². The van der Waals surface area contributed by atoms with Gasteiger partial charge in [0.05, 0.1) is 5.58 Å². The topological polar surface area (TPSA) is 51.8 Å². The van der Waals surface area contributed by atoms with Gasteiger partial charge in [0.15, 0.2) is 0 Å². The second-order valence-corrected chi connectivity index (χ2v) is 11.9. The summed E-state index contributed by atoms with van der Waals surface area (Å²) in [7, 11) is 0.